The number of fused-ring (bicyclic) bond motifs is 1. The third kappa shape index (κ3) is 6.81. The Morgan fingerprint density at radius 1 is 1.34 bits per heavy atom. The van der Waals surface area contributed by atoms with Crippen molar-refractivity contribution in [1.82, 2.24) is 15.6 Å². The molecule has 1 amide bonds. The maximum Gasteiger partial charge on any atom is 0.345 e. The Bertz CT molecular complexity index is 1390. The van der Waals surface area contributed by atoms with Crippen molar-refractivity contribution < 1.29 is 27.4 Å². The van der Waals surface area contributed by atoms with E-state index in [9.17, 15) is 18.0 Å². The molecule has 3 N–H and O–H groups in total. The zero-order valence-electron chi connectivity index (χ0n) is 21.2. The van der Waals surface area contributed by atoms with Gasteiger partial charge in [-0.15, -0.1) is 0 Å². The molecule has 0 bridgehead atoms. The van der Waals surface area contributed by atoms with E-state index in [1.54, 1.807) is 34.0 Å². The Balaban J connectivity index is 1.99. The number of hydrogen-bond donors (Lipinski definition) is 3. The zero-order chi connectivity index (χ0) is 28.0. The molecule has 0 aliphatic rings. The van der Waals surface area contributed by atoms with Crippen molar-refractivity contribution in [2.45, 2.75) is 32.5 Å². The van der Waals surface area contributed by atoms with E-state index in [2.05, 4.69) is 25.3 Å². The molecule has 3 aromatic rings. The van der Waals surface area contributed by atoms with Crippen molar-refractivity contribution >= 4 is 48.4 Å². The molecule has 0 aliphatic heterocycles. The maximum absolute atomic E-state index is 14.4. The summed E-state index contributed by atoms with van der Waals surface area (Å²) in [6, 6.07) is 9.50. The number of aliphatic imine (C=N–C) groups is 1. The van der Waals surface area contributed by atoms with Crippen LogP contribution in [0.25, 0.3) is 10.9 Å². The van der Waals surface area contributed by atoms with Crippen LogP contribution in [-0.2, 0) is 21.6 Å². The van der Waals surface area contributed by atoms with Gasteiger partial charge in [-0.3, -0.25) is 10.2 Å². The van der Waals surface area contributed by atoms with Gasteiger partial charge in [0.1, 0.15) is 50.3 Å². The van der Waals surface area contributed by atoms with E-state index in [0.717, 1.165) is 23.4 Å². The summed E-state index contributed by atoms with van der Waals surface area (Å²) >= 11 is 6.39. The number of carbonyl (C=O) groups is 1. The fourth-order valence-corrected chi connectivity index (χ4v) is 4.30. The Hall–Kier alpha value is -3.64. The van der Waals surface area contributed by atoms with Gasteiger partial charge in [0.05, 0.1) is 5.02 Å². The van der Waals surface area contributed by atoms with E-state index >= 15 is 0 Å². The van der Waals surface area contributed by atoms with Crippen molar-refractivity contribution in [2.75, 3.05) is 13.7 Å². The number of amides is 1. The van der Waals surface area contributed by atoms with Gasteiger partial charge in [0.2, 0.25) is 5.91 Å². The first-order chi connectivity index (χ1) is 18.0. The first kappa shape index (κ1) is 28.9. The summed E-state index contributed by atoms with van der Waals surface area (Å²) < 4.78 is 49.2. The highest BCUT2D eigenvalue weighted by atomic mass is 35.5. The van der Waals surface area contributed by atoms with Crippen molar-refractivity contribution in [3.05, 3.63) is 69.6 Å². The van der Waals surface area contributed by atoms with Crippen LogP contribution in [0.15, 0.2) is 41.4 Å². The van der Waals surface area contributed by atoms with Crippen molar-refractivity contribution in [2.24, 2.45) is 4.99 Å². The summed E-state index contributed by atoms with van der Waals surface area (Å²) in [5, 5.41) is 13.7. The van der Waals surface area contributed by atoms with Gasteiger partial charge in [-0.2, -0.15) is 8.78 Å². The number of halogens is 4. The Kier molecular flexibility index (Phi) is 9.34. The second-order valence-corrected chi connectivity index (χ2v) is 9.17. The molecule has 0 aliphatic carbocycles. The van der Waals surface area contributed by atoms with Crippen molar-refractivity contribution in [1.29, 1.82) is 5.41 Å². The number of amidine groups is 1. The van der Waals surface area contributed by atoms with E-state index in [1.165, 1.54) is 6.07 Å². The largest absolute Gasteiger partial charge is 0.487 e. The highest BCUT2D eigenvalue weighted by Gasteiger charge is 2.28. The lowest BCUT2D eigenvalue weighted by atomic mass is 9.72. The number of para-hydroxylation sites is 1. The second kappa shape index (κ2) is 12.3. The van der Waals surface area contributed by atoms with Crippen LogP contribution in [0.3, 0.4) is 0 Å². The van der Waals surface area contributed by atoms with Gasteiger partial charge in [-0.1, -0.05) is 23.7 Å². The number of carbonyl (C=O) groups excluding carboxylic acids is 1. The molecule has 3 rings (SSSR count). The number of nitrogens with zero attached hydrogens (tertiary/aromatic N) is 2. The van der Waals surface area contributed by atoms with E-state index in [1.807, 2.05) is 19.1 Å². The smallest absolute Gasteiger partial charge is 0.345 e. The fraction of sp³-hybridized carbons (Fsp3) is 0.280. The number of hydrogen-bond acceptors (Lipinski definition) is 5. The quantitative estimate of drug-likeness (QED) is 0.204. The third-order valence-corrected chi connectivity index (χ3v) is 5.95. The highest BCUT2D eigenvalue weighted by Crippen LogP contribution is 2.32. The summed E-state index contributed by atoms with van der Waals surface area (Å²) in [5.41, 5.74) is 1.42. The van der Waals surface area contributed by atoms with E-state index < -0.39 is 30.4 Å². The van der Waals surface area contributed by atoms with Crippen LogP contribution in [0.1, 0.15) is 29.3 Å². The summed E-state index contributed by atoms with van der Waals surface area (Å²) in [6.07, 6.45) is 0.937. The molecule has 8 nitrogen and oxygen atoms in total. The third-order valence-electron chi connectivity index (χ3n) is 5.61. The van der Waals surface area contributed by atoms with Crippen molar-refractivity contribution in [3.63, 3.8) is 0 Å². The minimum atomic E-state index is -3.10. The van der Waals surface area contributed by atoms with Gasteiger partial charge in [-0.25, -0.2) is 14.4 Å². The van der Waals surface area contributed by atoms with Crippen LogP contribution in [0.5, 0.6) is 5.75 Å². The normalized spacial score (nSPS) is 13.3. The maximum atomic E-state index is 14.4. The minimum Gasteiger partial charge on any atom is -0.487 e. The van der Waals surface area contributed by atoms with Gasteiger partial charge in [0.15, 0.2) is 0 Å². The topological polar surface area (TPSA) is 109 Å². The fourth-order valence-electron chi connectivity index (χ4n) is 4.04. The standard InChI is InChI=1S/C25H26BClF3N5O3/c1-13-7-16(23(32-3)33-12-31)15-5-4-6-20(22(15)34-13)37-10-17-18(8-14(28)9-19(17)27)25(2,26)35-21(36)11-38-24(29)30/h4-9,12,24H,10-11,26H2,1-3H3,(H,35,36)(H2,31,32,33)/t25-/m0/s1. The number of aryl methyl sites for hydroxylation is 1. The molecule has 1 heterocycles. The van der Waals surface area contributed by atoms with E-state index in [-0.39, 0.29) is 11.6 Å². The number of alkyl halides is 2. The number of rotatable bonds is 10. The summed E-state index contributed by atoms with van der Waals surface area (Å²) in [5.74, 6) is -0.561. The summed E-state index contributed by atoms with van der Waals surface area (Å²) in [6.45, 7) is -0.683. The SMILES string of the molecule is B[C@@](C)(NC(=O)COC(F)F)c1cc(F)cc(Cl)c1COc1cccc2c(/C(=N/C=N)NC)cc(C)nc12. The second-order valence-electron chi connectivity index (χ2n) is 8.77. The number of ether oxygens (including phenoxy) is 2. The lowest BCUT2D eigenvalue weighted by Gasteiger charge is -2.30. The van der Waals surface area contributed by atoms with Crippen LogP contribution >= 0.6 is 11.6 Å². The van der Waals surface area contributed by atoms with E-state index in [0.29, 0.717) is 33.9 Å². The minimum absolute atomic E-state index is 0.0619. The lowest BCUT2D eigenvalue weighted by Crippen LogP contribution is -2.46. The van der Waals surface area contributed by atoms with Gasteiger partial charge in [0, 0.05) is 34.7 Å². The molecule has 0 radical (unpaired) electrons. The Morgan fingerprint density at radius 2 is 2.08 bits per heavy atom. The molecule has 2 aromatic carbocycles. The molecule has 38 heavy (non-hydrogen) atoms. The average molecular weight is 548 g/mol. The Morgan fingerprint density at radius 3 is 2.74 bits per heavy atom. The first-order valence-corrected chi connectivity index (χ1v) is 11.8. The molecule has 1 aromatic heterocycles. The molecular weight excluding hydrogens is 522 g/mol. The number of aromatic nitrogens is 1. The van der Waals surface area contributed by atoms with Gasteiger partial charge in [-0.05, 0) is 43.7 Å². The molecule has 0 saturated heterocycles. The predicted molar refractivity (Wildman–Crippen MR) is 143 cm³/mol. The monoisotopic (exact) mass is 547 g/mol. The summed E-state index contributed by atoms with van der Waals surface area (Å²) in [7, 11) is 3.28. The molecule has 200 valence electrons. The number of nitrogens with one attached hydrogen (secondary N) is 3. The van der Waals surface area contributed by atoms with E-state index in [4.69, 9.17) is 21.7 Å². The molecular formula is C25H26BClF3N5O3. The van der Waals surface area contributed by atoms with Crippen LogP contribution in [0.2, 0.25) is 5.02 Å². The van der Waals surface area contributed by atoms with Crippen molar-refractivity contribution in [3.8, 4) is 5.75 Å². The first-order valence-electron chi connectivity index (χ1n) is 11.4. The van der Waals surface area contributed by atoms with Gasteiger partial charge >= 0.3 is 6.61 Å². The average Bonchev–Trinajstić information content (AvgIpc) is 2.84. The molecule has 0 saturated carbocycles. The van der Waals surface area contributed by atoms with Crippen LogP contribution in [0.4, 0.5) is 13.2 Å². The molecule has 0 spiro atoms. The molecule has 0 unspecified atom stereocenters. The number of benzene rings is 2. The van der Waals surface area contributed by atoms with Crippen LogP contribution < -0.4 is 15.4 Å². The highest BCUT2D eigenvalue weighted by molar-refractivity contribution is 6.31. The van der Waals surface area contributed by atoms with Crippen LogP contribution in [-0.4, -0.2) is 51.2 Å². The number of pyridine rings is 1. The van der Waals surface area contributed by atoms with Crippen LogP contribution in [0, 0.1) is 18.2 Å². The van der Waals surface area contributed by atoms with Gasteiger partial charge in [0.25, 0.3) is 0 Å². The summed E-state index contributed by atoms with van der Waals surface area (Å²) in [4.78, 5) is 20.9. The molecule has 1 atom stereocenters. The molecule has 0 fully saturated rings. The predicted octanol–water partition coefficient (Wildman–Crippen LogP) is 3.65. The lowest BCUT2D eigenvalue weighted by molar-refractivity contribution is -0.152. The van der Waals surface area contributed by atoms with Gasteiger partial charge < -0.3 is 20.1 Å². The zero-order valence-corrected chi connectivity index (χ0v) is 21.9. The Labute approximate surface area is 223 Å². The molecule has 13 heteroatoms.